The van der Waals surface area contributed by atoms with E-state index in [0.29, 0.717) is 34.2 Å². The highest BCUT2D eigenvalue weighted by atomic mass is 19.4. The molecule has 2 heterocycles. The molecule has 0 aliphatic carbocycles. The minimum atomic E-state index is -4.53. The van der Waals surface area contributed by atoms with Gasteiger partial charge in [0.25, 0.3) is 0 Å². The second-order valence-electron chi connectivity index (χ2n) is 17.2. The first-order chi connectivity index (χ1) is 31.3. The van der Waals surface area contributed by atoms with E-state index in [2.05, 4.69) is 107 Å². The van der Waals surface area contributed by atoms with E-state index in [1.54, 1.807) is 6.07 Å². The Bertz CT molecular complexity index is 3260. The van der Waals surface area contributed by atoms with Gasteiger partial charge in [0.1, 0.15) is 0 Å². The molecule has 0 bridgehead atoms. The third kappa shape index (κ3) is 7.67. The van der Waals surface area contributed by atoms with Crippen LogP contribution in [-0.4, -0.2) is 19.5 Å². The monoisotopic (exact) mass is 854 g/mol. The van der Waals surface area contributed by atoms with E-state index in [4.69, 9.17) is 15.0 Å². The molecule has 65 heavy (non-hydrogen) atoms. The zero-order chi connectivity index (χ0) is 45.1. The molecule has 4 nitrogen and oxygen atoms in total. The van der Waals surface area contributed by atoms with Crippen molar-refractivity contribution in [1.82, 2.24) is 19.5 Å². The van der Waals surface area contributed by atoms with Gasteiger partial charge in [0.05, 0.1) is 16.6 Å². The van der Waals surface area contributed by atoms with Gasteiger partial charge in [-0.2, -0.15) is 13.2 Å². The minimum absolute atomic E-state index is 0.341. The molecule has 0 N–H and O–H groups in total. The van der Waals surface area contributed by atoms with Gasteiger partial charge in [-0.1, -0.05) is 126 Å². The van der Waals surface area contributed by atoms with Crippen molar-refractivity contribution >= 4 is 21.8 Å². The molecule has 0 radical (unpaired) electrons. The molecule has 10 aromatic rings. The Labute approximate surface area is 376 Å². The van der Waals surface area contributed by atoms with Crippen molar-refractivity contribution in [3.05, 3.63) is 203 Å². The van der Waals surface area contributed by atoms with Gasteiger partial charge in [-0.15, -0.1) is 0 Å². The van der Waals surface area contributed by atoms with Crippen molar-refractivity contribution in [1.29, 1.82) is 0 Å². The first kappa shape index (κ1) is 41.4. The van der Waals surface area contributed by atoms with Gasteiger partial charge in [-0.3, -0.25) is 0 Å². The highest BCUT2D eigenvalue weighted by Gasteiger charge is 2.31. The van der Waals surface area contributed by atoms with Crippen molar-refractivity contribution in [2.75, 3.05) is 0 Å². The maximum absolute atomic E-state index is 14.3. The van der Waals surface area contributed by atoms with Crippen LogP contribution in [0.25, 0.3) is 95.0 Å². The molecular formula is C58H45F3N4. The molecule has 0 fully saturated rings. The average Bonchev–Trinajstić information content (AvgIpc) is 3.61. The van der Waals surface area contributed by atoms with Crippen molar-refractivity contribution in [2.24, 2.45) is 0 Å². The number of nitrogens with zero attached hydrogens (tertiary/aromatic N) is 4. The molecule has 7 heteroatoms. The number of hydrogen-bond donors (Lipinski definition) is 0. The summed E-state index contributed by atoms with van der Waals surface area (Å²) in [5, 5.41) is 2.17. The van der Waals surface area contributed by atoms with Crippen LogP contribution in [0.4, 0.5) is 13.2 Å². The average molecular weight is 855 g/mol. The van der Waals surface area contributed by atoms with E-state index >= 15 is 0 Å². The summed E-state index contributed by atoms with van der Waals surface area (Å²) >= 11 is 0. The first-order valence-electron chi connectivity index (χ1n) is 21.7. The Balaban J connectivity index is 1.27. The minimum Gasteiger partial charge on any atom is -0.309 e. The van der Waals surface area contributed by atoms with Crippen LogP contribution in [-0.2, 0) is 6.18 Å². The molecule has 0 amide bonds. The van der Waals surface area contributed by atoms with Gasteiger partial charge in [-0.25, -0.2) is 15.0 Å². The Hall–Kier alpha value is -7.64. The van der Waals surface area contributed by atoms with Crippen LogP contribution in [0, 0.1) is 41.5 Å². The quantitative estimate of drug-likeness (QED) is 0.160. The number of hydrogen-bond acceptors (Lipinski definition) is 3. The van der Waals surface area contributed by atoms with E-state index in [0.717, 1.165) is 55.8 Å². The number of aromatic nitrogens is 4. The summed E-state index contributed by atoms with van der Waals surface area (Å²) < 4.78 is 45.1. The summed E-state index contributed by atoms with van der Waals surface area (Å²) in [5.41, 5.74) is 17.2. The molecule has 0 aliphatic heterocycles. The van der Waals surface area contributed by atoms with E-state index in [9.17, 15) is 13.2 Å². The number of rotatable bonds is 7. The lowest BCUT2D eigenvalue weighted by Gasteiger charge is -2.17. The van der Waals surface area contributed by atoms with Gasteiger partial charge < -0.3 is 4.57 Å². The molecule has 318 valence electrons. The summed E-state index contributed by atoms with van der Waals surface area (Å²) in [4.78, 5) is 15.1. The Morgan fingerprint density at radius 3 is 1.32 bits per heavy atom. The molecule has 10 rings (SSSR count). The Kier molecular flexibility index (Phi) is 10.3. The van der Waals surface area contributed by atoms with Gasteiger partial charge in [0.15, 0.2) is 17.5 Å². The summed E-state index contributed by atoms with van der Waals surface area (Å²) in [5.74, 6) is 1.25. The molecule has 0 saturated heterocycles. The topological polar surface area (TPSA) is 43.6 Å². The fourth-order valence-electron chi connectivity index (χ4n) is 9.78. The zero-order valence-electron chi connectivity index (χ0n) is 37.0. The number of benzene rings is 8. The van der Waals surface area contributed by atoms with Gasteiger partial charge in [0, 0.05) is 33.2 Å². The van der Waals surface area contributed by atoms with E-state index < -0.39 is 11.7 Å². The predicted molar refractivity (Wildman–Crippen MR) is 260 cm³/mol. The molecule has 0 atom stereocenters. The second-order valence-corrected chi connectivity index (χ2v) is 17.2. The smallest absolute Gasteiger partial charge is 0.309 e. The van der Waals surface area contributed by atoms with Gasteiger partial charge in [-0.05, 0) is 146 Å². The maximum atomic E-state index is 14.3. The van der Waals surface area contributed by atoms with E-state index in [-0.39, 0.29) is 0 Å². The molecule has 8 aromatic carbocycles. The number of alkyl halides is 3. The second kappa shape index (κ2) is 16.2. The molecule has 0 unspecified atom stereocenters. The van der Waals surface area contributed by atoms with Crippen molar-refractivity contribution in [2.45, 2.75) is 47.7 Å². The Morgan fingerprint density at radius 1 is 0.385 bits per heavy atom. The predicted octanol–water partition coefficient (Wildman–Crippen LogP) is 15.8. The molecule has 0 spiro atoms. The van der Waals surface area contributed by atoms with Crippen LogP contribution >= 0.6 is 0 Å². The van der Waals surface area contributed by atoms with E-state index in [1.807, 2.05) is 78.9 Å². The fraction of sp³-hybridized carbons (Fsp3) is 0.121. The zero-order valence-corrected chi connectivity index (χ0v) is 37.0. The molecule has 0 aliphatic rings. The van der Waals surface area contributed by atoms with Gasteiger partial charge >= 0.3 is 6.18 Å². The fourth-order valence-corrected chi connectivity index (χ4v) is 9.78. The van der Waals surface area contributed by atoms with Crippen LogP contribution in [0.2, 0.25) is 0 Å². The van der Waals surface area contributed by atoms with Crippen LogP contribution in [0.1, 0.15) is 38.9 Å². The lowest BCUT2D eigenvalue weighted by atomic mass is 9.91. The standard InChI is InChI=1S/C58H45F3N4/c1-34-26-36(3)53(37(4)27-34)43-20-24-51-48(31-43)49-32-44(54-38(5)28-35(2)29-39(54)6)21-25-52(49)65(51)46-22-23-47(42-18-13-19-45(30-42)58(59,60)61)50(33-46)57-63-55(40-14-9-7-10-15-40)62-56(64-57)41-16-11-8-12-17-41/h7-33H,1-6H3. The number of fused-ring (bicyclic) bond motifs is 3. The van der Waals surface area contributed by atoms with Crippen LogP contribution < -0.4 is 0 Å². The lowest BCUT2D eigenvalue weighted by Crippen LogP contribution is -2.05. The third-order valence-corrected chi connectivity index (χ3v) is 12.4. The van der Waals surface area contributed by atoms with Crippen molar-refractivity contribution in [3.63, 3.8) is 0 Å². The van der Waals surface area contributed by atoms with Crippen molar-refractivity contribution in [3.8, 4) is 73.2 Å². The van der Waals surface area contributed by atoms with Crippen LogP contribution in [0.5, 0.6) is 0 Å². The molecule has 0 saturated carbocycles. The normalized spacial score (nSPS) is 11.8. The summed E-state index contributed by atoms with van der Waals surface area (Å²) in [6, 6.07) is 53.0. The van der Waals surface area contributed by atoms with Gasteiger partial charge in [0.2, 0.25) is 0 Å². The molecule has 2 aromatic heterocycles. The number of aryl methyl sites for hydroxylation is 6. The SMILES string of the molecule is Cc1cc(C)c(-c2ccc3c(c2)c2cc(-c4c(C)cc(C)cc4C)ccc2n3-c2ccc(-c3cccc(C(F)(F)F)c3)c(-c3nc(-c4ccccc4)nc(-c4ccccc4)n3)c2)c(C)c1. The first-order valence-corrected chi connectivity index (χ1v) is 21.7. The summed E-state index contributed by atoms with van der Waals surface area (Å²) in [6.07, 6.45) is -4.53. The number of halogens is 3. The summed E-state index contributed by atoms with van der Waals surface area (Å²) in [6.45, 7) is 12.9. The maximum Gasteiger partial charge on any atom is 0.416 e. The lowest BCUT2D eigenvalue weighted by molar-refractivity contribution is -0.137. The molecular weight excluding hydrogens is 810 g/mol. The third-order valence-electron chi connectivity index (χ3n) is 12.4. The highest BCUT2D eigenvalue weighted by Crippen LogP contribution is 2.42. The van der Waals surface area contributed by atoms with Crippen LogP contribution in [0.15, 0.2) is 164 Å². The Morgan fingerprint density at radius 2 is 0.846 bits per heavy atom. The largest absolute Gasteiger partial charge is 0.416 e. The summed E-state index contributed by atoms with van der Waals surface area (Å²) in [7, 11) is 0. The highest BCUT2D eigenvalue weighted by molar-refractivity contribution is 6.12. The van der Waals surface area contributed by atoms with E-state index in [1.165, 1.54) is 56.6 Å². The van der Waals surface area contributed by atoms with Crippen LogP contribution in [0.3, 0.4) is 0 Å². The van der Waals surface area contributed by atoms with Crippen molar-refractivity contribution < 1.29 is 13.2 Å².